The first-order valence-corrected chi connectivity index (χ1v) is 10.6. The van der Waals surface area contributed by atoms with Crippen molar-refractivity contribution in [2.45, 2.75) is 47.0 Å². The molecular formula is C24H36N4O3. The van der Waals surface area contributed by atoms with Crippen LogP contribution in [0.2, 0.25) is 0 Å². The Morgan fingerprint density at radius 2 is 1.81 bits per heavy atom. The molecule has 0 atom stereocenters. The summed E-state index contributed by atoms with van der Waals surface area (Å²) in [5.74, 6) is 1.38. The number of nitrogens with zero attached hydrogens (tertiary/aromatic N) is 3. The summed E-state index contributed by atoms with van der Waals surface area (Å²) in [5.41, 5.74) is 4.11. The normalized spacial score (nSPS) is 11.6. The van der Waals surface area contributed by atoms with E-state index in [9.17, 15) is 4.79 Å². The minimum Gasteiger partial charge on any atom is -0.495 e. The number of hydrogen-bond acceptors (Lipinski definition) is 5. The first-order valence-electron chi connectivity index (χ1n) is 10.6. The monoisotopic (exact) mass is 428 g/mol. The van der Waals surface area contributed by atoms with Crippen LogP contribution in [0.3, 0.4) is 0 Å². The molecule has 0 aliphatic rings. The molecule has 0 unspecified atom stereocenters. The molecule has 1 N–H and O–H groups in total. The highest BCUT2D eigenvalue weighted by atomic mass is 16.5. The van der Waals surface area contributed by atoms with Crippen LogP contribution in [0.5, 0.6) is 11.5 Å². The van der Waals surface area contributed by atoms with E-state index in [-0.39, 0.29) is 11.3 Å². The third-order valence-corrected chi connectivity index (χ3v) is 5.15. The van der Waals surface area contributed by atoms with E-state index >= 15 is 0 Å². The second kappa shape index (κ2) is 9.90. The van der Waals surface area contributed by atoms with Gasteiger partial charge in [-0.2, -0.15) is 5.10 Å². The minimum absolute atomic E-state index is 0.126. The van der Waals surface area contributed by atoms with E-state index in [4.69, 9.17) is 9.47 Å². The van der Waals surface area contributed by atoms with Crippen molar-refractivity contribution in [3.63, 3.8) is 0 Å². The van der Waals surface area contributed by atoms with Gasteiger partial charge in [-0.3, -0.25) is 9.48 Å². The topological polar surface area (TPSA) is 68.6 Å². The predicted octanol–water partition coefficient (Wildman–Crippen LogP) is 4.71. The Morgan fingerprint density at radius 1 is 1.16 bits per heavy atom. The van der Waals surface area contributed by atoms with Crippen molar-refractivity contribution in [3.8, 4) is 11.5 Å². The number of amides is 1. The molecule has 1 heterocycles. The van der Waals surface area contributed by atoms with Crippen LogP contribution in [0.15, 0.2) is 12.1 Å². The molecule has 0 fully saturated rings. The zero-order chi connectivity index (χ0) is 23.3. The maximum absolute atomic E-state index is 11.9. The van der Waals surface area contributed by atoms with Gasteiger partial charge >= 0.3 is 0 Å². The van der Waals surface area contributed by atoms with Gasteiger partial charge in [-0.05, 0) is 32.1 Å². The summed E-state index contributed by atoms with van der Waals surface area (Å²) >= 11 is 0. The molecule has 0 saturated carbocycles. The quantitative estimate of drug-likeness (QED) is 0.659. The van der Waals surface area contributed by atoms with Crippen molar-refractivity contribution in [3.05, 3.63) is 29.1 Å². The van der Waals surface area contributed by atoms with E-state index in [1.54, 1.807) is 14.2 Å². The molecule has 170 valence electrons. The molecule has 2 aromatic rings. The highest BCUT2D eigenvalue weighted by molar-refractivity contribution is 5.94. The van der Waals surface area contributed by atoms with Crippen LogP contribution in [0.4, 0.5) is 11.4 Å². The van der Waals surface area contributed by atoms with Crippen LogP contribution in [-0.4, -0.2) is 43.0 Å². The summed E-state index contributed by atoms with van der Waals surface area (Å²) in [5, 5.41) is 7.62. The molecule has 0 saturated heterocycles. The smallest absolute Gasteiger partial charge is 0.221 e. The van der Waals surface area contributed by atoms with Gasteiger partial charge in [0.1, 0.15) is 17.1 Å². The Kier molecular flexibility index (Phi) is 7.76. The van der Waals surface area contributed by atoms with E-state index in [1.807, 2.05) is 36.0 Å². The van der Waals surface area contributed by atoms with Crippen LogP contribution < -0.4 is 19.7 Å². The highest BCUT2D eigenvalue weighted by Gasteiger charge is 2.26. The molecular weight excluding hydrogens is 392 g/mol. The van der Waals surface area contributed by atoms with Gasteiger partial charge < -0.3 is 19.7 Å². The van der Waals surface area contributed by atoms with Crippen molar-refractivity contribution < 1.29 is 14.3 Å². The summed E-state index contributed by atoms with van der Waals surface area (Å²) in [6.07, 6.45) is 3.91. The minimum atomic E-state index is -0.148. The molecule has 31 heavy (non-hydrogen) atoms. The van der Waals surface area contributed by atoms with E-state index in [0.717, 1.165) is 52.9 Å². The lowest BCUT2D eigenvalue weighted by atomic mass is 9.91. The van der Waals surface area contributed by atoms with Gasteiger partial charge in [-0.1, -0.05) is 26.8 Å². The van der Waals surface area contributed by atoms with Gasteiger partial charge in [0.2, 0.25) is 5.91 Å². The third-order valence-electron chi connectivity index (χ3n) is 5.15. The number of aryl methyl sites for hydroxylation is 1. The molecule has 0 aliphatic heterocycles. The number of rotatable bonds is 8. The van der Waals surface area contributed by atoms with Gasteiger partial charge in [0.25, 0.3) is 0 Å². The molecule has 7 heteroatoms. The fourth-order valence-electron chi connectivity index (χ4n) is 3.56. The average Bonchev–Trinajstić information content (AvgIpc) is 3.03. The fourth-order valence-corrected chi connectivity index (χ4v) is 3.56. The largest absolute Gasteiger partial charge is 0.495 e. The average molecular weight is 429 g/mol. The summed E-state index contributed by atoms with van der Waals surface area (Å²) in [4.78, 5) is 14.1. The van der Waals surface area contributed by atoms with Crippen molar-refractivity contribution in [1.29, 1.82) is 0 Å². The molecule has 0 radical (unpaired) electrons. The van der Waals surface area contributed by atoms with Crippen molar-refractivity contribution >= 4 is 29.4 Å². The predicted molar refractivity (Wildman–Crippen MR) is 128 cm³/mol. The number of anilines is 2. The Balaban J connectivity index is 2.62. The lowest BCUT2D eigenvalue weighted by Crippen LogP contribution is -2.23. The summed E-state index contributed by atoms with van der Waals surface area (Å²) in [7, 11) is 5.22. The Morgan fingerprint density at radius 3 is 2.29 bits per heavy atom. The summed E-state index contributed by atoms with van der Waals surface area (Å²) in [6.45, 7) is 13.7. The van der Waals surface area contributed by atoms with E-state index in [0.29, 0.717) is 0 Å². The fraction of sp³-hybridized carbons (Fsp3) is 0.500. The van der Waals surface area contributed by atoms with Crippen LogP contribution in [0, 0.1) is 0 Å². The highest BCUT2D eigenvalue weighted by Crippen LogP contribution is 2.37. The maximum atomic E-state index is 11.9. The van der Waals surface area contributed by atoms with Gasteiger partial charge in [0.15, 0.2) is 5.75 Å². The number of benzene rings is 1. The van der Waals surface area contributed by atoms with Crippen molar-refractivity contribution in [1.82, 2.24) is 9.78 Å². The zero-order valence-electron chi connectivity index (χ0n) is 20.3. The zero-order valence-corrected chi connectivity index (χ0v) is 20.3. The maximum Gasteiger partial charge on any atom is 0.221 e. The summed E-state index contributed by atoms with van der Waals surface area (Å²) < 4.78 is 13.2. The molecule has 1 aromatic heterocycles. The number of hydrogen-bond donors (Lipinski definition) is 1. The molecule has 2 rings (SSSR count). The van der Waals surface area contributed by atoms with Crippen LogP contribution in [-0.2, 0) is 17.3 Å². The van der Waals surface area contributed by atoms with E-state index in [1.165, 1.54) is 6.92 Å². The first-order chi connectivity index (χ1) is 14.6. The molecule has 0 aliphatic carbocycles. The van der Waals surface area contributed by atoms with Crippen molar-refractivity contribution in [2.75, 3.05) is 37.5 Å². The molecule has 1 amide bonds. The standard InChI is InChI=1S/C24H36N4O3/c1-10-28(11-2)20-15-18(25-16(3)29)17(14-21(20)30-8)12-13-19-22(31-9)23(24(4,5)6)26-27(19)7/h12-15H,10-11H2,1-9H3,(H,25,29)/b13-12+. The Bertz CT molecular complexity index is 951. The van der Waals surface area contributed by atoms with Gasteiger partial charge in [-0.25, -0.2) is 0 Å². The number of carbonyl (C=O) groups is 1. The van der Waals surface area contributed by atoms with Gasteiger partial charge in [0.05, 0.1) is 25.6 Å². The number of ether oxygens (including phenoxy) is 2. The second-order valence-electron chi connectivity index (χ2n) is 8.44. The first kappa shape index (κ1) is 24.3. The number of carbonyl (C=O) groups excluding carboxylic acids is 1. The second-order valence-corrected chi connectivity index (χ2v) is 8.44. The Labute approximate surface area is 186 Å². The molecule has 0 spiro atoms. The Hall–Kier alpha value is -2.96. The van der Waals surface area contributed by atoms with Crippen LogP contribution >= 0.6 is 0 Å². The summed E-state index contributed by atoms with van der Waals surface area (Å²) in [6, 6.07) is 3.91. The number of nitrogens with one attached hydrogen (secondary N) is 1. The van der Waals surface area contributed by atoms with E-state index < -0.39 is 0 Å². The van der Waals surface area contributed by atoms with Gasteiger partial charge in [0, 0.05) is 38.0 Å². The number of aromatic nitrogens is 2. The lowest BCUT2D eigenvalue weighted by Gasteiger charge is -2.25. The SMILES string of the molecule is CCN(CC)c1cc(NC(C)=O)c(/C=C/c2c(OC)c(C(C)(C)C)nn2C)cc1OC. The molecule has 1 aromatic carbocycles. The van der Waals surface area contributed by atoms with Crippen LogP contribution in [0.1, 0.15) is 58.5 Å². The third kappa shape index (κ3) is 5.40. The van der Waals surface area contributed by atoms with Crippen LogP contribution in [0.25, 0.3) is 12.2 Å². The molecule has 0 bridgehead atoms. The van der Waals surface area contributed by atoms with E-state index in [2.05, 4.69) is 49.9 Å². The van der Waals surface area contributed by atoms with Crippen molar-refractivity contribution in [2.24, 2.45) is 7.05 Å². The van der Waals surface area contributed by atoms with Gasteiger partial charge in [-0.15, -0.1) is 0 Å². The lowest BCUT2D eigenvalue weighted by molar-refractivity contribution is -0.114. The molecule has 7 nitrogen and oxygen atoms in total. The number of methoxy groups -OCH3 is 2.